The van der Waals surface area contributed by atoms with Crippen LogP contribution < -0.4 is 8.92 Å². The highest BCUT2D eigenvalue weighted by Gasteiger charge is 2.22. The number of hydrogen-bond acceptors (Lipinski definition) is 5. The molecule has 0 atom stereocenters. The van der Waals surface area contributed by atoms with E-state index in [1.54, 1.807) is 29.2 Å². The molecule has 0 spiro atoms. The highest BCUT2D eigenvalue weighted by Crippen LogP contribution is 2.31. The Hall–Kier alpha value is -3.39. The predicted octanol–water partition coefficient (Wildman–Crippen LogP) is 4.96. The Morgan fingerprint density at radius 1 is 0.970 bits per heavy atom. The zero-order valence-corrected chi connectivity index (χ0v) is 19.7. The summed E-state index contributed by atoms with van der Waals surface area (Å²) in [5, 5.41) is 0. The monoisotopic (exact) mass is 471 g/mol. The van der Waals surface area contributed by atoms with Crippen LogP contribution in [-0.2, 0) is 16.7 Å². The molecule has 174 valence electrons. The minimum absolute atomic E-state index is 0.0224. The molecule has 3 aromatic rings. The van der Waals surface area contributed by atoms with Crippen LogP contribution in [0.4, 0.5) is 4.39 Å². The fourth-order valence-corrected chi connectivity index (χ4v) is 4.13. The molecule has 0 bridgehead atoms. The Morgan fingerprint density at radius 2 is 1.61 bits per heavy atom. The Labute approximate surface area is 193 Å². The fourth-order valence-electron chi connectivity index (χ4n) is 3.20. The summed E-state index contributed by atoms with van der Waals surface area (Å²) in [6.07, 6.45) is 0. The minimum Gasteiger partial charge on any atom is -0.493 e. The lowest BCUT2D eigenvalue weighted by Crippen LogP contribution is -2.36. The molecule has 0 aliphatic rings. The van der Waals surface area contributed by atoms with E-state index in [4.69, 9.17) is 8.92 Å². The van der Waals surface area contributed by atoms with Gasteiger partial charge in [-0.05, 0) is 74.9 Å². The number of hydrogen-bond donors (Lipinski definition) is 0. The Morgan fingerprint density at radius 3 is 2.18 bits per heavy atom. The molecule has 0 heterocycles. The largest absolute Gasteiger partial charge is 0.493 e. The minimum atomic E-state index is -4.21. The Balaban J connectivity index is 1.89. The lowest BCUT2D eigenvalue weighted by molar-refractivity contribution is 0.0690. The highest BCUT2D eigenvalue weighted by atomic mass is 32.2. The maximum absolute atomic E-state index is 13.2. The second kappa shape index (κ2) is 10.0. The maximum atomic E-state index is 13.2. The van der Waals surface area contributed by atoms with E-state index in [0.29, 0.717) is 11.1 Å². The van der Waals surface area contributed by atoms with Crippen molar-refractivity contribution in [2.45, 2.75) is 38.3 Å². The Bertz CT molecular complexity index is 1220. The molecule has 0 aliphatic heterocycles. The number of aryl methyl sites for hydroxylation is 1. The molecule has 0 N–H and O–H groups in total. The smallest absolute Gasteiger partial charge is 0.339 e. The summed E-state index contributed by atoms with van der Waals surface area (Å²) in [5.74, 6) is -0.501. The van der Waals surface area contributed by atoms with Crippen LogP contribution in [0.5, 0.6) is 11.5 Å². The third kappa shape index (κ3) is 5.90. The first kappa shape index (κ1) is 24.3. The van der Waals surface area contributed by atoms with Gasteiger partial charge in [-0.3, -0.25) is 4.79 Å². The normalized spacial score (nSPS) is 11.3. The van der Waals surface area contributed by atoms with E-state index in [1.165, 1.54) is 13.2 Å². The van der Waals surface area contributed by atoms with Gasteiger partial charge in [0.15, 0.2) is 11.5 Å². The second-order valence-electron chi connectivity index (χ2n) is 7.87. The van der Waals surface area contributed by atoms with Crippen molar-refractivity contribution in [3.05, 3.63) is 89.2 Å². The van der Waals surface area contributed by atoms with Crippen molar-refractivity contribution < 1.29 is 26.5 Å². The third-order valence-electron chi connectivity index (χ3n) is 5.07. The summed E-state index contributed by atoms with van der Waals surface area (Å²) >= 11 is 0. The number of carbonyl (C=O) groups excluding carboxylic acids is 1. The van der Waals surface area contributed by atoms with Crippen LogP contribution in [0, 0.1) is 12.7 Å². The van der Waals surface area contributed by atoms with E-state index < -0.39 is 15.9 Å². The number of methoxy groups -OCH3 is 1. The number of carbonyl (C=O) groups is 1. The van der Waals surface area contributed by atoms with Gasteiger partial charge < -0.3 is 13.8 Å². The van der Waals surface area contributed by atoms with Crippen molar-refractivity contribution in [2.75, 3.05) is 7.11 Å². The number of ether oxygens (including phenoxy) is 1. The number of nitrogens with zero attached hydrogens (tertiary/aromatic N) is 1. The van der Waals surface area contributed by atoms with E-state index in [1.807, 2.05) is 32.9 Å². The van der Waals surface area contributed by atoms with Gasteiger partial charge in [-0.2, -0.15) is 8.42 Å². The summed E-state index contributed by atoms with van der Waals surface area (Å²) in [7, 11) is -2.82. The molecule has 0 saturated carbocycles. The molecule has 6 nitrogen and oxygen atoms in total. The van der Waals surface area contributed by atoms with Gasteiger partial charge in [0.2, 0.25) is 0 Å². The quantitative estimate of drug-likeness (QED) is 0.434. The number of rotatable bonds is 8. The topological polar surface area (TPSA) is 72.9 Å². The van der Waals surface area contributed by atoms with E-state index in [0.717, 1.165) is 29.8 Å². The summed E-state index contributed by atoms with van der Waals surface area (Å²) in [6.45, 7) is 6.01. The molecule has 1 amide bonds. The molecule has 0 radical (unpaired) electrons. The highest BCUT2D eigenvalue weighted by molar-refractivity contribution is 7.87. The lowest BCUT2D eigenvalue weighted by atomic mass is 10.1. The molecule has 0 aliphatic carbocycles. The molecule has 0 fully saturated rings. The van der Waals surface area contributed by atoms with E-state index in [2.05, 4.69) is 0 Å². The lowest BCUT2D eigenvalue weighted by Gasteiger charge is -2.27. The maximum Gasteiger partial charge on any atom is 0.339 e. The molecular formula is C25H26FNO5S. The summed E-state index contributed by atoms with van der Waals surface area (Å²) in [4.78, 5) is 14.6. The third-order valence-corrected chi connectivity index (χ3v) is 6.31. The molecule has 33 heavy (non-hydrogen) atoms. The number of amides is 1. The molecule has 0 unspecified atom stereocenters. The van der Waals surface area contributed by atoms with Gasteiger partial charge in [0.1, 0.15) is 10.7 Å². The van der Waals surface area contributed by atoms with Crippen LogP contribution in [-0.4, -0.2) is 32.4 Å². The van der Waals surface area contributed by atoms with Crippen molar-refractivity contribution in [3.8, 4) is 11.5 Å². The zero-order valence-electron chi connectivity index (χ0n) is 18.9. The van der Waals surface area contributed by atoms with Crippen LogP contribution in [0.3, 0.4) is 0 Å². The standard InChI is InChI=1S/C25H26FNO5S/c1-17(2)27(25(28)20-8-5-18(3)6-9-20)16-19-7-14-23(31-4)24(15-19)32-33(29,30)22-12-10-21(26)11-13-22/h5-15,17H,16H2,1-4H3. The first-order valence-corrected chi connectivity index (χ1v) is 11.8. The number of halogens is 1. The van der Waals surface area contributed by atoms with Crippen LogP contribution in [0.25, 0.3) is 0 Å². The summed E-state index contributed by atoms with van der Waals surface area (Å²) < 4.78 is 49.1. The van der Waals surface area contributed by atoms with Gasteiger partial charge in [-0.15, -0.1) is 0 Å². The molecule has 8 heteroatoms. The fraction of sp³-hybridized carbons (Fsp3) is 0.240. The summed E-state index contributed by atoms with van der Waals surface area (Å²) in [5.41, 5.74) is 2.29. The van der Waals surface area contributed by atoms with Crippen LogP contribution in [0.15, 0.2) is 71.6 Å². The van der Waals surface area contributed by atoms with Crippen molar-refractivity contribution in [1.82, 2.24) is 4.90 Å². The summed E-state index contributed by atoms with van der Waals surface area (Å²) in [6, 6.07) is 16.4. The van der Waals surface area contributed by atoms with Crippen molar-refractivity contribution >= 4 is 16.0 Å². The average Bonchev–Trinajstić information content (AvgIpc) is 2.77. The number of benzene rings is 3. The van der Waals surface area contributed by atoms with Gasteiger partial charge in [0.05, 0.1) is 7.11 Å². The zero-order chi connectivity index (χ0) is 24.2. The molecule has 0 aromatic heterocycles. The molecule has 3 aromatic carbocycles. The molecule has 3 rings (SSSR count). The Kier molecular flexibility index (Phi) is 7.38. The van der Waals surface area contributed by atoms with Crippen molar-refractivity contribution in [3.63, 3.8) is 0 Å². The van der Waals surface area contributed by atoms with E-state index in [-0.39, 0.29) is 34.9 Å². The van der Waals surface area contributed by atoms with Crippen LogP contribution in [0.2, 0.25) is 0 Å². The van der Waals surface area contributed by atoms with Gasteiger partial charge in [0, 0.05) is 18.2 Å². The second-order valence-corrected chi connectivity index (χ2v) is 9.42. The van der Waals surface area contributed by atoms with Gasteiger partial charge in [0.25, 0.3) is 5.91 Å². The van der Waals surface area contributed by atoms with Gasteiger partial charge in [-0.25, -0.2) is 4.39 Å². The van der Waals surface area contributed by atoms with Crippen LogP contribution in [0.1, 0.15) is 35.3 Å². The predicted molar refractivity (Wildman–Crippen MR) is 123 cm³/mol. The SMILES string of the molecule is COc1ccc(CN(C(=O)c2ccc(C)cc2)C(C)C)cc1OS(=O)(=O)c1ccc(F)cc1. The first-order valence-electron chi connectivity index (χ1n) is 10.4. The molecular weight excluding hydrogens is 445 g/mol. The van der Waals surface area contributed by atoms with Gasteiger partial charge in [-0.1, -0.05) is 23.8 Å². The van der Waals surface area contributed by atoms with Crippen molar-refractivity contribution in [1.29, 1.82) is 0 Å². The molecule has 0 saturated heterocycles. The van der Waals surface area contributed by atoms with E-state index >= 15 is 0 Å². The first-order chi connectivity index (χ1) is 15.6. The van der Waals surface area contributed by atoms with Crippen LogP contribution >= 0.6 is 0 Å². The van der Waals surface area contributed by atoms with Gasteiger partial charge >= 0.3 is 10.1 Å². The van der Waals surface area contributed by atoms with Crippen molar-refractivity contribution in [2.24, 2.45) is 0 Å². The van der Waals surface area contributed by atoms with E-state index in [9.17, 15) is 17.6 Å². The average molecular weight is 472 g/mol.